The molecule has 4 heteroatoms. The maximum Gasteiger partial charge on any atom is 0.278 e. The van der Waals surface area contributed by atoms with Gasteiger partial charge in [-0.3, -0.25) is 4.79 Å². The number of thiophene rings is 1. The Morgan fingerprint density at radius 1 is 1.12 bits per heavy atom. The first kappa shape index (κ1) is 17.2. The maximum atomic E-state index is 12.6. The van der Waals surface area contributed by atoms with E-state index in [-0.39, 0.29) is 18.0 Å². The number of nitrogens with one attached hydrogen (secondary N) is 1. The van der Waals surface area contributed by atoms with Crippen molar-refractivity contribution in [1.82, 2.24) is 5.32 Å². The molecule has 3 nitrogen and oxygen atoms in total. The Morgan fingerprint density at radius 3 is 2.54 bits per heavy atom. The van der Waals surface area contributed by atoms with Crippen molar-refractivity contribution < 1.29 is 10.1 Å². The fraction of sp³-hybridized carbons (Fsp3) is 0.450. The van der Waals surface area contributed by atoms with Crippen LogP contribution in [0.5, 0.6) is 0 Å². The maximum absolute atomic E-state index is 12.6. The van der Waals surface area contributed by atoms with E-state index in [9.17, 15) is 4.79 Å². The van der Waals surface area contributed by atoms with Gasteiger partial charge >= 0.3 is 0 Å². The monoisotopic (exact) mass is 343 g/mol. The zero-order valence-corrected chi connectivity index (χ0v) is 15.1. The molecule has 1 amide bonds. The fourth-order valence-electron chi connectivity index (χ4n) is 3.45. The van der Waals surface area contributed by atoms with Gasteiger partial charge in [-0.1, -0.05) is 55.7 Å². The summed E-state index contributed by atoms with van der Waals surface area (Å²) in [5.74, 6) is 0.166. The second-order valence-electron chi connectivity index (χ2n) is 6.73. The third kappa shape index (κ3) is 4.46. The van der Waals surface area contributed by atoms with Crippen LogP contribution in [0.4, 0.5) is 0 Å². The third-order valence-corrected chi connectivity index (χ3v) is 5.81. The van der Waals surface area contributed by atoms with E-state index in [1.165, 1.54) is 29.7 Å². The van der Waals surface area contributed by atoms with Crippen LogP contribution in [-0.2, 0) is 4.79 Å². The van der Waals surface area contributed by atoms with Crippen LogP contribution >= 0.6 is 11.3 Å². The lowest BCUT2D eigenvalue weighted by atomic mass is 9.95. The summed E-state index contributed by atoms with van der Waals surface area (Å²) in [7, 11) is 0. The number of amides is 1. The van der Waals surface area contributed by atoms with Crippen LogP contribution in [0, 0.1) is 0 Å². The van der Waals surface area contributed by atoms with Gasteiger partial charge in [0.15, 0.2) is 6.04 Å². The molecule has 24 heavy (non-hydrogen) atoms. The molecule has 3 N–H and O–H groups in total. The Morgan fingerprint density at radius 2 is 1.88 bits per heavy atom. The molecule has 0 radical (unpaired) electrons. The smallest absolute Gasteiger partial charge is 0.278 e. The van der Waals surface area contributed by atoms with Crippen LogP contribution in [0.3, 0.4) is 0 Å². The van der Waals surface area contributed by atoms with Crippen molar-refractivity contribution in [3.05, 3.63) is 58.3 Å². The highest BCUT2D eigenvalue weighted by Crippen LogP contribution is 2.23. The molecule has 1 heterocycles. The molecule has 0 aliphatic heterocycles. The molecule has 1 aromatic carbocycles. The number of carbonyl (C=O) groups excluding carboxylic acids is 1. The number of hydrogen-bond donors (Lipinski definition) is 2. The number of rotatable bonds is 6. The topological polar surface area (TPSA) is 45.7 Å². The Kier molecular flexibility index (Phi) is 6.05. The molecule has 1 aliphatic rings. The molecule has 128 valence electrons. The van der Waals surface area contributed by atoms with Crippen LogP contribution in [0.25, 0.3) is 0 Å². The highest BCUT2D eigenvalue weighted by Gasteiger charge is 2.27. The summed E-state index contributed by atoms with van der Waals surface area (Å²) in [6, 6.07) is 15.2. The summed E-state index contributed by atoms with van der Waals surface area (Å²) in [6.45, 7) is 2.02. The lowest BCUT2D eigenvalue weighted by Gasteiger charge is -2.25. The van der Waals surface area contributed by atoms with Crippen molar-refractivity contribution in [3.63, 3.8) is 0 Å². The van der Waals surface area contributed by atoms with Gasteiger partial charge in [-0.05, 0) is 31.2 Å². The Bertz CT molecular complexity index is 620. The molecule has 1 aromatic heterocycles. The van der Waals surface area contributed by atoms with Gasteiger partial charge in [0.25, 0.3) is 5.91 Å². The molecule has 0 saturated heterocycles. The van der Waals surface area contributed by atoms with Crippen molar-refractivity contribution >= 4 is 17.2 Å². The van der Waals surface area contributed by atoms with Gasteiger partial charge in [0, 0.05) is 11.6 Å². The van der Waals surface area contributed by atoms with Gasteiger partial charge in [-0.25, -0.2) is 0 Å². The summed E-state index contributed by atoms with van der Waals surface area (Å²) in [5, 5.41) is 7.55. The Balaban J connectivity index is 1.66. The predicted molar refractivity (Wildman–Crippen MR) is 99.0 cm³/mol. The van der Waals surface area contributed by atoms with Gasteiger partial charge in [0.05, 0.1) is 4.88 Å². The van der Waals surface area contributed by atoms with E-state index in [0.717, 1.165) is 12.8 Å². The SMILES string of the molecule is C[C@H]([NH2+][C@H](c1ccccc1)c1cccs1)C(=O)NC1CCCCC1. The zero-order chi connectivity index (χ0) is 16.8. The lowest BCUT2D eigenvalue weighted by Crippen LogP contribution is -2.92. The van der Waals surface area contributed by atoms with Crippen molar-refractivity contribution in [2.75, 3.05) is 0 Å². The van der Waals surface area contributed by atoms with Crippen LogP contribution in [-0.4, -0.2) is 18.0 Å². The molecule has 3 rings (SSSR count). The van der Waals surface area contributed by atoms with E-state index in [1.807, 2.05) is 13.0 Å². The number of nitrogens with two attached hydrogens (primary N) is 1. The molecule has 1 saturated carbocycles. The van der Waals surface area contributed by atoms with Gasteiger partial charge in [-0.2, -0.15) is 0 Å². The number of carbonyl (C=O) groups is 1. The quantitative estimate of drug-likeness (QED) is 0.831. The molecule has 0 bridgehead atoms. The minimum absolute atomic E-state index is 0.0979. The molecular weight excluding hydrogens is 316 g/mol. The van der Waals surface area contributed by atoms with Gasteiger partial charge in [0.2, 0.25) is 0 Å². The molecule has 0 spiro atoms. The first-order valence-electron chi connectivity index (χ1n) is 8.98. The summed E-state index contributed by atoms with van der Waals surface area (Å²) in [6.07, 6.45) is 6.05. The van der Waals surface area contributed by atoms with Crippen LogP contribution in [0.15, 0.2) is 47.8 Å². The van der Waals surface area contributed by atoms with Crippen LogP contribution < -0.4 is 10.6 Å². The van der Waals surface area contributed by atoms with E-state index >= 15 is 0 Å². The third-order valence-electron chi connectivity index (χ3n) is 4.85. The first-order valence-corrected chi connectivity index (χ1v) is 9.85. The number of quaternary nitrogens is 1. The highest BCUT2D eigenvalue weighted by molar-refractivity contribution is 7.10. The minimum Gasteiger partial charge on any atom is -0.348 e. The van der Waals surface area contributed by atoms with E-state index in [2.05, 4.69) is 52.4 Å². The predicted octanol–water partition coefficient (Wildman–Crippen LogP) is 3.24. The van der Waals surface area contributed by atoms with E-state index in [0.29, 0.717) is 6.04 Å². The summed E-state index contributed by atoms with van der Waals surface area (Å²) in [5.41, 5.74) is 1.25. The van der Waals surface area contributed by atoms with Gasteiger partial charge < -0.3 is 10.6 Å². The highest BCUT2D eigenvalue weighted by atomic mass is 32.1. The van der Waals surface area contributed by atoms with Crippen LogP contribution in [0.2, 0.25) is 0 Å². The molecule has 0 unspecified atom stereocenters. The van der Waals surface area contributed by atoms with Crippen LogP contribution in [0.1, 0.15) is 55.5 Å². The first-order chi connectivity index (χ1) is 11.7. The van der Waals surface area contributed by atoms with Crippen molar-refractivity contribution in [2.24, 2.45) is 0 Å². The zero-order valence-electron chi connectivity index (χ0n) is 14.3. The number of benzene rings is 1. The Hall–Kier alpha value is -1.65. The lowest BCUT2D eigenvalue weighted by molar-refractivity contribution is -0.704. The largest absolute Gasteiger partial charge is 0.348 e. The second-order valence-corrected chi connectivity index (χ2v) is 7.71. The fourth-order valence-corrected chi connectivity index (χ4v) is 4.29. The van der Waals surface area contributed by atoms with E-state index in [1.54, 1.807) is 11.3 Å². The van der Waals surface area contributed by atoms with Crippen molar-refractivity contribution in [1.29, 1.82) is 0 Å². The molecule has 1 fully saturated rings. The second kappa shape index (κ2) is 8.45. The Labute approximate surface area is 148 Å². The molecule has 2 atom stereocenters. The molecular formula is C20H27N2OS+. The van der Waals surface area contributed by atoms with Crippen molar-refractivity contribution in [3.8, 4) is 0 Å². The summed E-state index contributed by atoms with van der Waals surface area (Å²) >= 11 is 1.75. The standard InChI is InChI=1S/C20H26N2OS/c1-15(20(23)22-17-11-6-3-7-12-17)21-19(18-13-8-14-24-18)16-9-4-2-5-10-16/h2,4-5,8-10,13-15,17,19,21H,3,6-7,11-12H2,1H3,(H,22,23)/p+1/t15-,19+/m0/s1. The molecule has 2 aromatic rings. The molecule has 1 aliphatic carbocycles. The normalized spacial score (nSPS) is 18.0. The average Bonchev–Trinajstić information content (AvgIpc) is 3.15. The van der Waals surface area contributed by atoms with E-state index < -0.39 is 0 Å². The van der Waals surface area contributed by atoms with Gasteiger partial charge in [0.1, 0.15) is 6.04 Å². The number of hydrogen-bond acceptors (Lipinski definition) is 2. The minimum atomic E-state index is -0.0979. The average molecular weight is 344 g/mol. The van der Waals surface area contributed by atoms with E-state index in [4.69, 9.17) is 0 Å². The van der Waals surface area contributed by atoms with Crippen molar-refractivity contribution in [2.45, 2.75) is 57.2 Å². The summed E-state index contributed by atoms with van der Waals surface area (Å²) in [4.78, 5) is 13.9. The summed E-state index contributed by atoms with van der Waals surface area (Å²) < 4.78 is 0. The van der Waals surface area contributed by atoms with Gasteiger partial charge in [-0.15, -0.1) is 11.3 Å².